The summed E-state index contributed by atoms with van der Waals surface area (Å²) in [4.78, 5) is 15.9. The molecule has 0 amide bonds. The molecule has 0 unspecified atom stereocenters. The van der Waals surface area contributed by atoms with Crippen molar-refractivity contribution in [3.05, 3.63) is 72.5 Å². The Morgan fingerprint density at radius 3 is 2.26 bits per heavy atom. The van der Waals surface area contributed by atoms with Gasteiger partial charge in [-0.1, -0.05) is 45.0 Å². The lowest BCUT2D eigenvalue weighted by Gasteiger charge is -2.20. The molecule has 0 saturated heterocycles. The smallest absolute Gasteiger partial charge is 0.263 e. The van der Waals surface area contributed by atoms with E-state index in [4.69, 9.17) is 19.7 Å². The lowest BCUT2D eigenvalue weighted by molar-refractivity contribution is 0.192. The summed E-state index contributed by atoms with van der Waals surface area (Å²) in [6.45, 7) is 4.43. The fourth-order valence-corrected chi connectivity index (χ4v) is 4.01. The lowest BCUT2D eigenvalue weighted by atomic mass is 9.87. The van der Waals surface area contributed by atoms with Crippen LogP contribution in [0.5, 0.6) is 23.1 Å². The Kier molecular flexibility index (Phi) is 6.76. The van der Waals surface area contributed by atoms with E-state index in [0.29, 0.717) is 0 Å². The van der Waals surface area contributed by atoms with Crippen molar-refractivity contribution in [2.45, 2.75) is 31.1 Å². The number of aliphatic hydroxyl groups excluding tert-OH is 1. The number of nitrogens with zero attached hydrogens (tertiary/aromatic N) is 4. The molecule has 4 rings (SSSR count). The van der Waals surface area contributed by atoms with Crippen LogP contribution in [-0.2, 0) is 15.4 Å². The Morgan fingerprint density at radius 1 is 0.974 bits per heavy atom. The van der Waals surface area contributed by atoms with Crippen LogP contribution in [0.25, 0.3) is 11.6 Å². The van der Waals surface area contributed by atoms with Gasteiger partial charge in [0.2, 0.25) is 11.6 Å². The van der Waals surface area contributed by atoms with Crippen molar-refractivity contribution in [3.63, 3.8) is 0 Å². The summed E-state index contributed by atoms with van der Waals surface area (Å²) >= 11 is 0. The second kappa shape index (κ2) is 11.6. The first-order valence-corrected chi connectivity index (χ1v) is 13.2. The lowest BCUT2D eigenvalue weighted by Crippen LogP contribution is -2.17. The summed E-state index contributed by atoms with van der Waals surface area (Å²) in [5, 5.41) is 9.43. The van der Waals surface area contributed by atoms with Crippen molar-refractivity contribution in [2.75, 3.05) is 25.0 Å². The van der Waals surface area contributed by atoms with E-state index in [9.17, 15) is 13.5 Å². The van der Waals surface area contributed by atoms with Crippen LogP contribution in [0.15, 0.2) is 71.8 Å². The van der Waals surface area contributed by atoms with Gasteiger partial charge in [0.05, 0.1) is 24.1 Å². The Morgan fingerprint density at radius 2 is 1.64 bits per heavy atom. The number of anilines is 1. The van der Waals surface area contributed by atoms with Gasteiger partial charge in [-0.15, -0.1) is 0 Å². The summed E-state index contributed by atoms with van der Waals surface area (Å²) in [5.41, 5.74) is -0.742. The highest BCUT2D eigenvalue weighted by Crippen LogP contribution is 2.41. The SMILES string of the molecule is [2H]c1c([2H])c(S(=O)(=O)Nc2nc(-c3ncccn3)nc(OCCO)c2Oc2ccccc2OC)c([2H])c([2H])c1C(C)(C)C. The summed E-state index contributed by atoms with van der Waals surface area (Å²) in [6.07, 6.45) is 2.84. The topological polar surface area (TPSA) is 146 Å². The quantitative estimate of drug-likeness (QED) is 0.292. The monoisotopic (exact) mass is 555 g/mol. The van der Waals surface area contributed by atoms with E-state index in [-0.39, 0.29) is 46.9 Å². The summed E-state index contributed by atoms with van der Waals surface area (Å²) in [5.74, 6) is -0.906. The van der Waals surface area contributed by atoms with E-state index in [1.165, 1.54) is 25.6 Å². The molecule has 2 N–H and O–H groups in total. The minimum Gasteiger partial charge on any atom is -0.493 e. The van der Waals surface area contributed by atoms with Gasteiger partial charge in [-0.2, -0.15) is 4.98 Å². The first kappa shape index (κ1) is 22.7. The van der Waals surface area contributed by atoms with Gasteiger partial charge in [-0.25, -0.2) is 23.4 Å². The molecule has 0 atom stereocenters. The molecule has 0 saturated carbocycles. The third-order valence-electron chi connectivity index (χ3n) is 5.06. The number of aromatic nitrogens is 4. The number of hydrogen-bond acceptors (Lipinski definition) is 10. The van der Waals surface area contributed by atoms with Crippen LogP contribution in [0.1, 0.15) is 31.8 Å². The Labute approximate surface area is 232 Å². The number of aliphatic hydroxyl groups is 1. The minimum absolute atomic E-state index is 0.000539. The first-order chi connectivity index (χ1) is 20.3. The van der Waals surface area contributed by atoms with E-state index in [2.05, 4.69) is 24.7 Å². The van der Waals surface area contributed by atoms with Gasteiger partial charge in [-0.05, 0) is 41.3 Å². The molecular formula is C27H29N5O6S. The Bertz CT molecular complexity index is 1730. The summed E-state index contributed by atoms with van der Waals surface area (Å²) in [7, 11) is -3.45. The van der Waals surface area contributed by atoms with E-state index in [0.717, 1.165) is 0 Å². The van der Waals surface area contributed by atoms with Crippen LogP contribution in [0.4, 0.5) is 5.82 Å². The number of sulfonamides is 1. The second-order valence-corrected chi connectivity index (χ2v) is 10.6. The van der Waals surface area contributed by atoms with Crippen LogP contribution in [0, 0.1) is 0 Å². The first-order valence-electron chi connectivity index (χ1n) is 13.7. The standard InChI is InChI=1S/C27H29N5O6S/c1-27(2,3)18-10-12-19(13-11-18)39(34,35)32-23-22(38-21-9-6-5-8-20(21)36-4)26(37-17-16-33)31-25(30-23)24-28-14-7-15-29-24/h5-15,33H,16-17H2,1-4H3,(H,30,31,32)/i10D,11D,12D,13D. The molecule has 4 aromatic rings. The highest BCUT2D eigenvalue weighted by molar-refractivity contribution is 7.92. The number of hydrogen-bond donors (Lipinski definition) is 2. The third-order valence-corrected chi connectivity index (χ3v) is 6.27. The Balaban J connectivity index is 1.96. The van der Waals surface area contributed by atoms with Gasteiger partial charge >= 0.3 is 0 Å². The zero-order valence-corrected chi connectivity index (χ0v) is 22.5. The van der Waals surface area contributed by atoms with E-state index < -0.39 is 56.9 Å². The molecule has 2 heterocycles. The highest BCUT2D eigenvalue weighted by Gasteiger charge is 2.26. The number of benzene rings is 2. The van der Waals surface area contributed by atoms with E-state index in [1.807, 2.05) is 0 Å². The molecule has 2 aromatic carbocycles. The fourth-order valence-electron chi connectivity index (χ4n) is 3.15. The maximum atomic E-state index is 13.8. The highest BCUT2D eigenvalue weighted by atomic mass is 32.2. The third kappa shape index (κ3) is 6.59. The van der Waals surface area contributed by atoms with Gasteiger partial charge in [0, 0.05) is 12.4 Å². The minimum atomic E-state index is -4.86. The number of rotatable bonds is 10. The van der Waals surface area contributed by atoms with Crippen LogP contribution in [0.2, 0.25) is 0 Å². The van der Waals surface area contributed by atoms with Crippen molar-refractivity contribution in [2.24, 2.45) is 0 Å². The molecule has 11 nitrogen and oxygen atoms in total. The molecule has 39 heavy (non-hydrogen) atoms. The molecule has 12 heteroatoms. The van der Waals surface area contributed by atoms with Crippen LogP contribution in [0.3, 0.4) is 0 Å². The molecule has 0 radical (unpaired) electrons. The number of nitrogens with one attached hydrogen (secondary N) is 1. The predicted octanol–water partition coefficient (Wildman–Crippen LogP) is 4.20. The molecule has 204 valence electrons. The maximum Gasteiger partial charge on any atom is 0.263 e. The van der Waals surface area contributed by atoms with Crippen molar-refractivity contribution < 1.29 is 33.2 Å². The summed E-state index contributed by atoms with van der Waals surface area (Å²) < 4.78 is 80.8. The van der Waals surface area contributed by atoms with Gasteiger partial charge in [0.25, 0.3) is 15.9 Å². The number of methoxy groups -OCH3 is 1. The molecule has 0 fully saturated rings. The maximum absolute atomic E-state index is 13.8. The number of para-hydroxylation sites is 2. The zero-order chi connectivity index (χ0) is 31.5. The van der Waals surface area contributed by atoms with Gasteiger partial charge in [0.1, 0.15) is 6.61 Å². The zero-order valence-electron chi connectivity index (χ0n) is 25.6. The van der Waals surface area contributed by atoms with Crippen LogP contribution < -0.4 is 18.9 Å². The average Bonchev–Trinajstić information content (AvgIpc) is 2.96. The van der Waals surface area contributed by atoms with Gasteiger partial charge in [0.15, 0.2) is 23.1 Å². The predicted molar refractivity (Wildman–Crippen MR) is 145 cm³/mol. The number of ether oxygens (including phenoxy) is 3. The molecular weight excluding hydrogens is 522 g/mol. The molecule has 0 aliphatic heterocycles. The van der Waals surface area contributed by atoms with Crippen molar-refractivity contribution in [1.29, 1.82) is 0 Å². The average molecular weight is 556 g/mol. The molecule has 2 aromatic heterocycles. The summed E-state index contributed by atoms with van der Waals surface area (Å²) in [6, 6.07) is 5.51. The molecule has 0 aliphatic carbocycles. The van der Waals surface area contributed by atoms with Gasteiger partial charge in [-0.3, -0.25) is 4.72 Å². The largest absolute Gasteiger partial charge is 0.493 e. The molecule has 0 bridgehead atoms. The molecule has 0 aliphatic rings. The second-order valence-electron chi connectivity index (χ2n) is 8.99. The van der Waals surface area contributed by atoms with E-state index in [1.54, 1.807) is 45.0 Å². The van der Waals surface area contributed by atoms with Crippen LogP contribution >= 0.6 is 0 Å². The fraction of sp³-hybridized carbons (Fsp3) is 0.259. The van der Waals surface area contributed by atoms with Crippen molar-refractivity contribution >= 4 is 15.8 Å². The van der Waals surface area contributed by atoms with Crippen molar-refractivity contribution in [1.82, 2.24) is 19.9 Å². The van der Waals surface area contributed by atoms with Crippen molar-refractivity contribution in [3.8, 4) is 34.8 Å². The normalized spacial score (nSPS) is 13.1. The Hall–Kier alpha value is -4.29. The van der Waals surface area contributed by atoms with Crippen LogP contribution in [-0.4, -0.2) is 53.8 Å². The van der Waals surface area contributed by atoms with Gasteiger partial charge < -0.3 is 19.3 Å². The van der Waals surface area contributed by atoms with E-state index >= 15 is 0 Å². The molecule has 0 spiro atoms.